The summed E-state index contributed by atoms with van der Waals surface area (Å²) in [7, 11) is 1.49. The maximum atomic E-state index is 11.8. The van der Waals surface area contributed by atoms with Crippen LogP contribution in [0.25, 0.3) is 0 Å². The molecule has 0 spiro atoms. The molecule has 3 atom stereocenters. The van der Waals surface area contributed by atoms with Crippen molar-refractivity contribution in [3.05, 3.63) is 0 Å². The fraction of sp³-hybridized carbons (Fsp3) is 0.923. The quantitative estimate of drug-likeness (QED) is 0.740. The molecule has 0 saturated heterocycles. The largest absolute Gasteiger partial charge is 0.468 e. The van der Waals surface area contributed by atoms with Crippen LogP contribution in [0, 0.1) is 5.92 Å². The third-order valence-corrected chi connectivity index (χ3v) is 5.10. The Labute approximate surface area is 108 Å². The van der Waals surface area contributed by atoms with E-state index >= 15 is 0 Å². The number of thioether (sulfide) groups is 1. The predicted molar refractivity (Wildman–Crippen MR) is 71.2 cm³/mol. The third-order valence-electron chi connectivity index (χ3n) is 3.78. The summed E-state index contributed by atoms with van der Waals surface area (Å²) in [5, 5.41) is 4.25. The lowest BCUT2D eigenvalue weighted by Gasteiger charge is -2.25. The Morgan fingerprint density at radius 3 is 2.76 bits per heavy atom. The van der Waals surface area contributed by atoms with Crippen molar-refractivity contribution in [2.45, 2.75) is 56.4 Å². The van der Waals surface area contributed by atoms with E-state index in [0.29, 0.717) is 17.2 Å². The van der Waals surface area contributed by atoms with Gasteiger partial charge in [0, 0.05) is 11.3 Å². The summed E-state index contributed by atoms with van der Waals surface area (Å²) < 4.78 is 4.91. The maximum absolute atomic E-state index is 11.8. The SMILES string of the molecule is CCSC1CCCC1NC(C(=O)OC)C1CC1. The first-order valence-corrected chi connectivity index (χ1v) is 7.76. The van der Waals surface area contributed by atoms with Gasteiger partial charge in [-0.25, -0.2) is 0 Å². The van der Waals surface area contributed by atoms with Crippen LogP contribution in [-0.2, 0) is 9.53 Å². The van der Waals surface area contributed by atoms with Gasteiger partial charge in [0.05, 0.1) is 7.11 Å². The minimum Gasteiger partial charge on any atom is -0.468 e. The molecule has 0 aromatic heterocycles. The average molecular weight is 257 g/mol. The van der Waals surface area contributed by atoms with Crippen LogP contribution in [0.1, 0.15) is 39.0 Å². The van der Waals surface area contributed by atoms with Crippen molar-refractivity contribution in [2.24, 2.45) is 5.92 Å². The standard InChI is InChI=1S/C13H23NO2S/c1-3-17-11-6-4-5-10(11)14-12(9-7-8-9)13(15)16-2/h9-12,14H,3-8H2,1-2H3. The van der Waals surface area contributed by atoms with Crippen molar-refractivity contribution in [1.29, 1.82) is 0 Å². The number of carbonyl (C=O) groups excluding carboxylic acids is 1. The second kappa shape index (κ2) is 6.10. The first-order chi connectivity index (χ1) is 8.26. The molecule has 3 nitrogen and oxygen atoms in total. The molecule has 0 amide bonds. The lowest BCUT2D eigenvalue weighted by molar-refractivity contribution is -0.143. The molecule has 2 fully saturated rings. The summed E-state index contributed by atoms with van der Waals surface area (Å²) in [4.78, 5) is 11.8. The molecule has 17 heavy (non-hydrogen) atoms. The summed E-state index contributed by atoms with van der Waals surface area (Å²) >= 11 is 2.03. The van der Waals surface area contributed by atoms with Crippen molar-refractivity contribution in [2.75, 3.05) is 12.9 Å². The fourth-order valence-electron chi connectivity index (χ4n) is 2.71. The normalized spacial score (nSPS) is 30.2. The van der Waals surface area contributed by atoms with Gasteiger partial charge >= 0.3 is 5.97 Å². The molecule has 0 aromatic rings. The molecular weight excluding hydrogens is 234 g/mol. The highest BCUT2D eigenvalue weighted by Crippen LogP contribution is 2.36. The molecule has 0 radical (unpaired) electrons. The number of ether oxygens (including phenoxy) is 1. The first-order valence-electron chi connectivity index (χ1n) is 6.71. The van der Waals surface area contributed by atoms with Crippen molar-refractivity contribution in [1.82, 2.24) is 5.32 Å². The average Bonchev–Trinajstić information content (AvgIpc) is 3.08. The Balaban J connectivity index is 1.90. The smallest absolute Gasteiger partial charge is 0.323 e. The highest BCUT2D eigenvalue weighted by atomic mass is 32.2. The van der Waals surface area contributed by atoms with Gasteiger partial charge in [0.2, 0.25) is 0 Å². The Morgan fingerprint density at radius 2 is 2.18 bits per heavy atom. The Morgan fingerprint density at radius 1 is 1.41 bits per heavy atom. The summed E-state index contributed by atoms with van der Waals surface area (Å²) in [5.41, 5.74) is 0. The zero-order valence-corrected chi connectivity index (χ0v) is 11.6. The monoisotopic (exact) mass is 257 g/mol. The molecular formula is C13H23NO2S. The van der Waals surface area contributed by atoms with Crippen molar-refractivity contribution in [3.8, 4) is 0 Å². The molecule has 2 aliphatic rings. The van der Waals surface area contributed by atoms with E-state index in [2.05, 4.69) is 12.2 Å². The molecule has 1 N–H and O–H groups in total. The topological polar surface area (TPSA) is 38.3 Å². The van der Waals surface area contributed by atoms with Crippen LogP contribution in [0.5, 0.6) is 0 Å². The molecule has 0 aromatic carbocycles. The van der Waals surface area contributed by atoms with E-state index in [0.717, 1.165) is 5.75 Å². The molecule has 4 heteroatoms. The maximum Gasteiger partial charge on any atom is 0.323 e. The van der Waals surface area contributed by atoms with Crippen molar-refractivity contribution in [3.63, 3.8) is 0 Å². The number of methoxy groups -OCH3 is 1. The zero-order chi connectivity index (χ0) is 12.3. The van der Waals surface area contributed by atoms with Crippen LogP contribution in [0.15, 0.2) is 0 Å². The number of hydrogen-bond acceptors (Lipinski definition) is 4. The van der Waals surface area contributed by atoms with Gasteiger partial charge in [-0.1, -0.05) is 13.3 Å². The van der Waals surface area contributed by atoms with E-state index in [4.69, 9.17) is 4.74 Å². The minimum atomic E-state index is -0.0698. The highest BCUT2D eigenvalue weighted by molar-refractivity contribution is 7.99. The van der Waals surface area contributed by atoms with Gasteiger partial charge < -0.3 is 10.1 Å². The summed E-state index contributed by atoms with van der Waals surface area (Å²) in [5.74, 6) is 1.62. The minimum absolute atomic E-state index is 0.0527. The number of esters is 1. The van der Waals surface area contributed by atoms with E-state index in [-0.39, 0.29) is 12.0 Å². The van der Waals surface area contributed by atoms with Crippen LogP contribution in [0.2, 0.25) is 0 Å². The van der Waals surface area contributed by atoms with Crippen LogP contribution < -0.4 is 5.32 Å². The molecule has 2 saturated carbocycles. The lowest BCUT2D eigenvalue weighted by atomic mass is 10.1. The van der Waals surface area contributed by atoms with Crippen molar-refractivity contribution < 1.29 is 9.53 Å². The number of carbonyl (C=O) groups is 1. The van der Waals surface area contributed by atoms with Gasteiger partial charge in [-0.3, -0.25) is 4.79 Å². The Hall–Kier alpha value is -0.220. The molecule has 2 aliphatic carbocycles. The molecule has 2 rings (SSSR count). The van der Waals surface area contributed by atoms with Gasteiger partial charge in [0.1, 0.15) is 6.04 Å². The molecule has 0 heterocycles. The molecule has 98 valence electrons. The number of nitrogens with one attached hydrogen (secondary N) is 1. The van der Waals surface area contributed by atoms with Crippen LogP contribution in [-0.4, -0.2) is 36.2 Å². The first kappa shape index (κ1) is 13.2. The van der Waals surface area contributed by atoms with E-state index in [1.165, 1.54) is 39.2 Å². The summed E-state index contributed by atoms with van der Waals surface area (Å²) in [6.07, 6.45) is 6.12. The zero-order valence-electron chi connectivity index (χ0n) is 10.8. The predicted octanol–water partition coefficient (Wildman–Crippen LogP) is 2.20. The van der Waals surface area contributed by atoms with E-state index in [1.807, 2.05) is 11.8 Å². The van der Waals surface area contributed by atoms with Gasteiger partial charge in [0.15, 0.2) is 0 Å². The Kier molecular flexibility index (Phi) is 4.74. The van der Waals surface area contributed by atoms with E-state index in [1.54, 1.807) is 0 Å². The summed E-state index contributed by atoms with van der Waals surface area (Å²) in [6.45, 7) is 2.21. The molecule has 0 aliphatic heterocycles. The number of hydrogen-bond donors (Lipinski definition) is 1. The van der Waals surface area contributed by atoms with Gasteiger partial charge in [-0.2, -0.15) is 11.8 Å². The fourth-order valence-corrected chi connectivity index (χ4v) is 3.92. The lowest BCUT2D eigenvalue weighted by Crippen LogP contribution is -2.47. The molecule has 3 unspecified atom stereocenters. The molecule has 0 bridgehead atoms. The second-order valence-electron chi connectivity index (χ2n) is 5.04. The Bertz CT molecular complexity index is 268. The van der Waals surface area contributed by atoms with E-state index in [9.17, 15) is 4.79 Å². The van der Waals surface area contributed by atoms with Crippen LogP contribution in [0.4, 0.5) is 0 Å². The third kappa shape index (κ3) is 3.38. The van der Waals surface area contributed by atoms with E-state index < -0.39 is 0 Å². The van der Waals surface area contributed by atoms with Gasteiger partial charge in [0.25, 0.3) is 0 Å². The highest BCUT2D eigenvalue weighted by Gasteiger charge is 2.40. The van der Waals surface area contributed by atoms with Crippen LogP contribution >= 0.6 is 11.8 Å². The summed E-state index contributed by atoms with van der Waals surface area (Å²) in [6, 6.07) is 0.452. The second-order valence-corrected chi connectivity index (χ2v) is 6.55. The van der Waals surface area contributed by atoms with Crippen molar-refractivity contribution >= 4 is 17.7 Å². The van der Waals surface area contributed by atoms with Gasteiger partial charge in [-0.15, -0.1) is 0 Å². The van der Waals surface area contributed by atoms with Crippen LogP contribution in [0.3, 0.4) is 0 Å². The van der Waals surface area contributed by atoms with Gasteiger partial charge in [-0.05, 0) is 37.4 Å². The number of rotatable bonds is 6.